The molecule has 1 aliphatic heterocycles. The van der Waals surface area contributed by atoms with Gasteiger partial charge in [0.15, 0.2) is 5.84 Å². The molecule has 2 rings (SSSR count). The average molecular weight is 249 g/mol. The van der Waals surface area contributed by atoms with E-state index in [1.165, 1.54) is 0 Å². The van der Waals surface area contributed by atoms with E-state index in [4.69, 9.17) is 21.2 Å². The number of hydrogen-bond donors (Lipinski definition) is 3. The molecule has 0 radical (unpaired) electrons. The summed E-state index contributed by atoms with van der Waals surface area (Å²) in [5.41, 5.74) is 14.8. The Hall–Kier alpha value is -2.44. The average Bonchev–Trinajstić information content (AvgIpc) is 2.41. The molecule has 0 bridgehead atoms. The van der Waals surface area contributed by atoms with Gasteiger partial charge in [-0.1, -0.05) is 22.4 Å². The number of benzene rings is 1. The van der Waals surface area contributed by atoms with Crippen molar-refractivity contribution < 1.29 is 15.1 Å². The molecule has 0 fully saturated rings. The van der Waals surface area contributed by atoms with Crippen molar-refractivity contribution in [1.29, 1.82) is 0 Å². The number of rotatable bonds is 2. The zero-order chi connectivity index (χ0) is 13.1. The van der Waals surface area contributed by atoms with Crippen molar-refractivity contribution in [2.24, 2.45) is 16.0 Å². The molecule has 0 saturated carbocycles. The second-order valence-electron chi connectivity index (χ2n) is 3.77. The van der Waals surface area contributed by atoms with E-state index in [9.17, 15) is 5.11 Å². The second-order valence-corrected chi connectivity index (χ2v) is 3.77. The van der Waals surface area contributed by atoms with E-state index in [0.717, 1.165) is 0 Å². The third kappa shape index (κ3) is 2.02. The first-order valence-corrected chi connectivity index (χ1v) is 5.14. The summed E-state index contributed by atoms with van der Waals surface area (Å²) in [5.74, 6) is 0.379. The van der Waals surface area contributed by atoms with Crippen molar-refractivity contribution in [3.63, 3.8) is 0 Å². The van der Waals surface area contributed by atoms with E-state index in [0.29, 0.717) is 16.9 Å². The van der Waals surface area contributed by atoms with Gasteiger partial charge in [0.2, 0.25) is 0 Å². The Bertz CT molecular complexity index is 538. The number of hydrogen-bond acceptors (Lipinski definition) is 5. The molecule has 0 saturated heterocycles. The zero-order valence-electron chi connectivity index (χ0n) is 9.26. The van der Waals surface area contributed by atoms with Crippen LogP contribution in [0.25, 0.3) is 10.4 Å². The van der Waals surface area contributed by atoms with Gasteiger partial charge in [-0.3, -0.25) is 0 Å². The summed E-state index contributed by atoms with van der Waals surface area (Å²) in [4.78, 5) is 2.65. The van der Waals surface area contributed by atoms with Crippen LogP contribution >= 0.6 is 0 Å². The number of ether oxygens (including phenoxy) is 1. The summed E-state index contributed by atoms with van der Waals surface area (Å²) in [5, 5.41) is 24.9. The van der Waals surface area contributed by atoms with Crippen LogP contribution in [0, 0.1) is 0 Å². The van der Waals surface area contributed by atoms with Crippen molar-refractivity contribution in [3.8, 4) is 5.75 Å². The third-order valence-corrected chi connectivity index (χ3v) is 2.71. The van der Waals surface area contributed by atoms with Gasteiger partial charge in [0, 0.05) is 16.0 Å². The molecule has 4 N–H and O–H groups in total. The van der Waals surface area contributed by atoms with Crippen LogP contribution in [-0.4, -0.2) is 28.8 Å². The third-order valence-electron chi connectivity index (χ3n) is 2.71. The van der Waals surface area contributed by atoms with Gasteiger partial charge in [-0.2, -0.15) is 0 Å². The van der Waals surface area contributed by atoms with Gasteiger partial charge < -0.3 is 20.8 Å². The van der Waals surface area contributed by atoms with Crippen LogP contribution in [0.2, 0.25) is 0 Å². The fourth-order valence-electron chi connectivity index (χ4n) is 1.76. The van der Waals surface area contributed by atoms with Crippen LogP contribution < -0.4 is 10.5 Å². The first-order chi connectivity index (χ1) is 8.67. The number of aliphatic hydroxyl groups excluding tert-OH is 1. The fourth-order valence-corrected chi connectivity index (χ4v) is 1.76. The number of nitrogens with zero attached hydrogens (tertiary/aromatic N) is 4. The Morgan fingerprint density at radius 1 is 1.56 bits per heavy atom. The van der Waals surface area contributed by atoms with Crippen molar-refractivity contribution in [2.45, 2.75) is 12.1 Å². The van der Waals surface area contributed by atoms with Crippen molar-refractivity contribution in [1.82, 2.24) is 0 Å². The van der Waals surface area contributed by atoms with Crippen molar-refractivity contribution in [2.75, 3.05) is 6.61 Å². The number of amidine groups is 1. The van der Waals surface area contributed by atoms with Crippen LogP contribution in [0.5, 0.6) is 5.75 Å². The lowest BCUT2D eigenvalue weighted by Gasteiger charge is -2.27. The lowest BCUT2D eigenvalue weighted by Crippen LogP contribution is -2.29. The Morgan fingerprint density at radius 3 is 3.00 bits per heavy atom. The summed E-state index contributed by atoms with van der Waals surface area (Å²) < 4.78 is 5.38. The summed E-state index contributed by atoms with van der Waals surface area (Å²) in [6, 6.07) is 4.07. The summed E-state index contributed by atoms with van der Waals surface area (Å²) in [6.45, 7) is 0.0812. The van der Waals surface area contributed by atoms with Gasteiger partial charge in [0.1, 0.15) is 11.8 Å². The summed E-state index contributed by atoms with van der Waals surface area (Å²) in [7, 11) is 0. The first kappa shape index (κ1) is 12.0. The minimum Gasteiger partial charge on any atom is -0.493 e. The molecule has 8 nitrogen and oxygen atoms in total. The highest BCUT2D eigenvalue weighted by molar-refractivity contribution is 5.97. The number of nitrogens with two attached hydrogens (primary N) is 1. The molecule has 94 valence electrons. The fraction of sp³-hybridized carbons (Fsp3) is 0.300. The van der Waals surface area contributed by atoms with Crippen LogP contribution in [0.15, 0.2) is 28.5 Å². The zero-order valence-corrected chi connectivity index (χ0v) is 9.26. The monoisotopic (exact) mass is 249 g/mol. The molecule has 18 heavy (non-hydrogen) atoms. The van der Waals surface area contributed by atoms with Gasteiger partial charge in [-0.25, -0.2) is 0 Å². The minimum absolute atomic E-state index is 0.0481. The van der Waals surface area contributed by atoms with Gasteiger partial charge >= 0.3 is 0 Å². The highest BCUT2D eigenvalue weighted by atomic mass is 16.5. The van der Waals surface area contributed by atoms with E-state index < -0.39 is 12.1 Å². The molecular weight excluding hydrogens is 238 g/mol. The Labute approximate surface area is 102 Å². The number of fused-ring (bicyclic) bond motifs is 1. The predicted octanol–water partition coefficient (Wildman–Crippen LogP) is 0.886. The predicted molar refractivity (Wildman–Crippen MR) is 62.3 cm³/mol. The van der Waals surface area contributed by atoms with Gasteiger partial charge in [0.05, 0.1) is 12.7 Å². The SMILES string of the molecule is [N-]=[N+]=NC1COc2cc(C(N)=NO)ccc2C1O. The normalized spacial score (nSPS) is 22.6. The standard InChI is InChI=1S/C10H11N5O3/c11-10(14-17)5-1-2-6-8(3-5)18-4-7(9(6)16)13-15-12/h1-3,7,9,16-17H,4H2,(H2,11,14). The smallest absolute Gasteiger partial charge is 0.170 e. The molecule has 0 aromatic heterocycles. The minimum atomic E-state index is -0.925. The molecule has 1 heterocycles. The maximum Gasteiger partial charge on any atom is 0.170 e. The van der Waals surface area contributed by atoms with Gasteiger partial charge in [0.25, 0.3) is 0 Å². The molecular formula is C10H11N5O3. The number of azide groups is 1. The Kier molecular flexibility index (Phi) is 3.22. The molecule has 1 aromatic rings. The highest BCUT2D eigenvalue weighted by Gasteiger charge is 2.28. The number of oxime groups is 1. The van der Waals surface area contributed by atoms with E-state index in [-0.39, 0.29) is 12.4 Å². The molecule has 8 heteroatoms. The maximum absolute atomic E-state index is 9.98. The largest absolute Gasteiger partial charge is 0.493 e. The lowest BCUT2D eigenvalue weighted by atomic mass is 9.98. The summed E-state index contributed by atoms with van der Waals surface area (Å²) in [6.07, 6.45) is -0.925. The van der Waals surface area contributed by atoms with Crippen LogP contribution in [0.4, 0.5) is 0 Å². The maximum atomic E-state index is 9.98. The topological polar surface area (TPSA) is 137 Å². The van der Waals surface area contributed by atoms with E-state index >= 15 is 0 Å². The van der Waals surface area contributed by atoms with Crippen LogP contribution in [-0.2, 0) is 0 Å². The summed E-state index contributed by atoms with van der Waals surface area (Å²) >= 11 is 0. The van der Waals surface area contributed by atoms with E-state index in [1.807, 2.05) is 0 Å². The Morgan fingerprint density at radius 2 is 2.33 bits per heavy atom. The first-order valence-electron chi connectivity index (χ1n) is 5.14. The Balaban J connectivity index is 2.37. The highest BCUT2D eigenvalue weighted by Crippen LogP contribution is 2.34. The molecule has 2 atom stereocenters. The lowest BCUT2D eigenvalue weighted by molar-refractivity contribution is 0.0917. The quantitative estimate of drug-likeness (QED) is 0.136. The molecule has 0 aliphatic carbocycles. The van der Waals surface area contributed by atoms with Gasteiger partial charge in [-0.05, 0) is 11.6 Å². The molecule has 1 aromatic carbocycles. The second kappa shape index (κ2) is 4.82. The van der Waals surface area contributed by atoms with Crippen LogP contribution in [0.3, 0.4) is 0 Å². The molecule has 0 spiro atoms. The number of aliphatic hydroxyl groups is 1. The molecule has 2 unspecified atom stereocenters. The molecule has 0 amide bonds. The van der Waals surface area contributed by atoms with Crippen molar-refractivity contribution in [3.05, 3.63) is 39.8 Å². The van der Waals surface area contributed by atoms with Gasteiger partial charge in [-0.15, -0.1) is 0 Å². The molecule has 1 aliphatic rings. The van der Waals surface area contributed by atoms with E-state index in [1.54, 1.807) is 18.2 Å². The van der Waals surface area contributed by atoms with Crippen LogP contribution in [0.1, 0.15) is 17.2 Å². The van der Waals surface area contributed by atoms with E-state index in [2.05, 4.69) is 15.2 Å². The van der Waals surface area contributed by atoms with Crippen molar-refractivity contribution >= 4 is 5.84 Å².